The van der Waals surface area contributed by atoms with Gasteiger partial charge in [-0.2, -0.15) is 5.10 Å². The van der Waals surface area contributed by atoms with E-state index in [1.165, 1.54) is 12.0 Å². The zero-order chi connectivity index (χ0) is 17.9. The van der Waals surface area contributed by atoms with Crippen LogP contribution in [0.15, 0.2) is 53.6 Å². The molecule has 2 rings (SSSR count). The molecule has 0 saturated heterocycles. The summed E-state index contributed by atoms with van der Waals surface area (Å²) in [7, 11) is 0. The molecule has 0 unspecified atom stereocenters. The van der Waals surface area contributed by atoms with E-state index in [0.717, 1.165) is 29.7 Å². The molecule has 1 N–H and O–H groups in total. The fraction of sp³-hybridized carbons (Fsp3) is 0.333. The van der Waals surface area contributed by atoms with Crippen molar-refractivity contribution >= 4 is 12.1 Å². The highest BCUT2D eigenvalue weighted by atomic mass is 16.5. The Balaban J connectivity index is 1.86. The first-order valence-corrected chi connectivity index (χ1v) is 8.78. The lowest BCUT2D eigenvalue weighted by molar-refractivity contribution is -0.120. The number of para-hydroxylation sites is 1. The van der Waals surface area contributed by atoms with Crippen molar-refractivity contribution in [2.24, 2.45) is 5.10 Å². The van der Waals surface area contributed by atoms with Crippen molar-refractivity contribution in [3.63, 3.8) is 0 Å². The van der Waals surface area contributed by atoms with Crippen molar-refractivity contribution in [1.29, 1.82) is 0 Å². The van der Waals surface area contributed by atoms with Crippen LogP contribution in [-0.2, 0) is 11.2 Å². The van der Waals surface area contributed by atoms with Gasteiger partial charge in [-0.05, 0) is 31.0 Å². The lowest BCUT2D eigenvalue weighted by Crippen LogP contribution is -2.19. The van der Waals surface area contributed by atoms with E-state index in [-0.39, 0.29) is 5.91 Å². The number of ether oxygens (including phenoxy) is 1. The number of rotatable bonds is 9. The van der Waals surface area contributed by atoms with E-state index in [9.17, 15) is 4.79 Å². The Kier molecular flexibility index (Phi) is 7.70. The molecular weight excluding hydrogens is 312 g/mol. The van der Waals surface area contributed by atoms with E-state index in [1.807, 2.05) is 55.5 Å². The number of carbonyl (C=O) groups excluding carboxylic acids is 1. The van der Waals surface area contributed by atoms with Crippen LogP contribution in [0.3, 0.4) is 0 Å². The lowest BCUT2D eigenvalue weighted by Gasteiger charge is -2.08. The molecular formula is C21H26N2O2. The number of amides is 1. The van der Waals surface area contributed by atoms with Crippen LogP contribution in [0.5, 0.6) is 5.75 Å². The lowest BCUT2D eigenvalue weighted by atomic mass is 10.1. The molecule has 0 aliphatic carbocycles. The van der Waals surface area contributed by atoms with Crippen LogP contribution < -0.4 is 10.2 Å². The number of carbonyl (C=O) groups is 1. The zero-order valence-corrected chi connectivity index (χ0v) is 15.0. The molecule has 0 atom stereocenters. The van der Waals surface area contributed by atoms with Crippen molar-refractivity contribution in [2.75, 3.05) is 6.61 Å². The van der Waals surface area contributed by atoms with Gasteiger partial charge in [0.1, 0.15) is 5.75 Å². The van der Waals surface area contributed by atoms with Crippen molar-refractivity contribution in [1.82, 2.24) is 5.43 Å². The number of hydrazone groups is 1. The molecule has 0 aliphatic heterocycles. The summed E-state index contributed by atoms with van der Waals surface area (Å²) in [6, 6.07) is 15.6. The Bertz CT molecular complexity index is 693. The Morgan fingerprint density at radius 3 is 2.64 bits per heavy atom. The van der Waals surface area contributed by atoms with Gasteiger partial charge in [0, 0.05) is 5.56 Å². The second-order valence-electron chi connectivity index (χ2n) is 6.05. The predicted octanol–water partition coefficient (Wildman–Crippen LogP) is 4.26. The molecule has 25 heavy (non-hydrogen) atoms. The third kappa shape index (κ3) is 6.79. The molecule has 0 saturated carbocycles. The molecule has 0 aromatic heterocycles. The first kappa shape index (κ1) is 18.7. The molecule has 4 heteroatoms. The average molecular weight is 338 g/mol. The summed E-state index contributed by atoms with van der Waals surface area (Å²) in [4.78, 5) is 12.0. The van der Waals surface area contributed by atoms with E-state index in [2.05, 4.69) is 17.5 Å². The number of unbranched alkanes of at least 4 members (excludes halogenated alkanes) is 2. The fourth-order valence-electron chi connectivity index (χ4n) is 2.36. The number of benzene rings is 2. The third-order valence-corrected chi connectivity index (χ3v) is 3.80. The maximum Gasteiger partial charge on any atom is 0.244 e. The van der Waals surface area contributed by atoms with Crippen LogP contribution in [0.1, 0.15) is 42.9 Å². The third-order valence-electron chi connectivity index (χ3n) is 3.80. The molecule has 0 bridgehead atoms. The van der Waals surface area contributed by atoms with Crippen LogP contribution in [0, 0.1) is 6.92 Å². The summed E-state index contributed by atoms with van der Waals surface area (Å²) in [5, 5.41) is 4.06. The van der Waals surface area contributed by atoms with Crippen LogP contribution in [0.25, 0.3) is 0 Å². The standard InChI is InChI=1S/C21H26N2O2/c1-3-4-7-14-25-20-9-6-5-8-19(20)16-22-23-21(24)15-18-12-10-17(2)11-13-18/h5-6,8-13,16H,3-4,7,14-15H2,1-2H3,(H,23,24)/b22-16-. The normalized spacial score (nSPS) is 10.8. The molecule has 2 aromatic carbocycles. The van der Waals surface area contributed by atoms with E-state index in [4.69, 9.17) is 4.74 Å². The van der Waals surface area contributed by atoms with Crippen LogP contribution in [0.2, 0.25) is 0 Å². The van der Waals surface area contributed by atoms with Gasteiger partial charge in [-0.15, -0.1) is 0 Å². The van der Waals surface area contributed by atoms with Crippen molar-refractivity contribution in [3.05, 3.63) is 65.2 Å². The minimum atomic E-state index is -0.138. The number of hydrogen-bond donors (Lipinski definition) is 1. The van der Waals surface area contributed by atoms with E-state index in [1.54, 1.807) is 6.21 Å². The van der Waals surface area contributed by atoms with Gasteiger partial charge in [-0.1, -0.05) is 61.7 Å². The number of nitrogens with zero attached hydrogens (tertiary/aromatic N) is 1. The number of hydrogen-bond acceptors (Lipinski definition) is 3. The monoisotopic (exact) mass is 338 g/mol. The summed E-state index contributed by atoms with van der Waals surface area (Å²) in [5.41, 5.74) is 5.58. The second kappa shape index (κ2) is 10.3. The Hall–Kier alpha value is -2.62. The molecule has 132 valence electrons. The van der Waals surface area contributed by atoms with Gasteiger partial charge in [0.05, 0.1) is 19.2 Å². The van der Waals surface area contributed by atoms with E-state index < -0.39 is 0 Å². The largest absolute Gasteiger partial charge is 0.493 e. The molecule has 0 heterocycles. The van der Waals surface area contributed by atoms with Gasteiger partial charge in [0.25, 0.3) is 0 Å². The van der Waals surface area contributed by atoms with Gasteiger partial charge >= 0.3 is 0 Å². The minimum Gasteiger partial charge on any atom is -0.493 e. The second-order valence-corrected chi connectivity index (χ2v) is 6.05. The zero-order valence-electron chi connectivity index (χ0n) is 15.0. The quantitative estimate of drug-likeness (QED) is 0.422. The first-order chi connectivity index (χ1) is 12.2. The topological polar surface area (TPSA) is 50.7 Å². The molecule has 2 aromatic rings. The van der Waals surface area contributed by atoms with Gasteiger partial charge in [0.2, 0.25) is 5.91 Å². The first-order valence-electron chi connectivity index (χ1n) is 8.78. The average Bonchev–Trinajstić information content (AvgIpc) is 2.62. The van der Waals surface area contributed by atoms with Crippen molar-refractivity contribution in [3.8, 4) is 5.75 Å². The fourth-order valence-corrected chi connectivity index (χ4v) is 2.36. The SMILES string of the molecule is CCCCCOc1ccccc1/C=N\NC(=O)Cc1ccc(C)cc1. The van der Waals surface area contributed by atoms with Gasteiger partial charge in [-0.25, -0.2) is 5.43 Å². The highest BCUT2D eigenvalue weighted by molar-refractivity contribution is 5.85. The molecule has 0 aliphatic rings. The van der Waals surface area contributed by atoms with Gasteiger partial charge in [-0.3, -0.25) is 4.79 Å². The van der Waals surface area contributed by atoms with Crippen LogP contribution in [0.4, 0.5) is 0 Å². The van der Waals surface area contributed by atoms with E-state index >= 15 is 0 Å². The van der Waals surface area contributed by atoms with Crippen LogP contribution >= 0.6 is 0 Å². The summed E-state index contributed by atoms with van der Waals surface area (Å²) in [6.07, 6.45) is 5.30. The molecule has 1 amide bonds. The molecule has 0 fully saturated rings. The Labute approximate surface area is 149 Å². The molecule has 0 radical (unpaired) electrons. The molecule has 0 spiro atoms. The summed E-state index contributed by atoms with van der Waals surface area (Å²) >= 11 is 0. The van der Waals surface area contributed by atoms with Crippen molar-refractivity contribution in [2.45, 2.75) is 39.5 Å². The summed E-state index contributed by atoms with van der Waals surface area (Å²) in [5.74, 6) is 0.650. The predicted molar refractivity (Wildman–Crippen MR) is 102 cm³/mol. The summed E-state index contributed by atoms with van der Waals surface area (Å²) < 4.78 is 5.80. The number of aryl methyl sites for hydroxylation is 1. The highest BCUT2D eigenvalue weighted by Crippen LogP contribution is 2.16. The van der Waals surface area contributed by atoms with Gasteiger partial charge < -0.3 is 4.74 Å². The highest BCUT2D eigenvalue weighted by Gasteiger charge is 2.03. The maximum atomic E-state index is 12.0. The van der Waals surface area contributed by atoms with Crippen LogP contribution in [-0.4, -0.2) is 18.7 Å². The number of nitrogens with one attached hydrogen (secondary N) is 1. The summed E-state index contributed by atoms with van der Waals surface area (Å²) in [6.45, 7) is 4.88. The molecule has 4 nitrogen and oxygen atoms in total. The minimum absolute atomic E-state index is 0.138. The van der Waals surface area contributed by atoms with Gasteiger partial charge in [0.15, 0.2) is 0 Å². The Morgan fingerprint density at radius 1 is 1.12 bits per heavy atom. The van der Waals surface area contributed by atoms with E-state index in [0.29, 0.717) is 13.0 Å². The Morgan fingerprint density at radius 2 is 1.88 bits per heavy atom. The maximum absolute atomic E-state index is 12.0. The smallest absolute Gasteiger partial charge is 0.244 e. The van der Waals surface area contributed by atoms with Crippen molar-refractivity contribution < 1.29 is 9.53 Å².